The molecule has 0 bridgehead atoms. The van der Waals surface area contributed by atoms with Crippen LogP contribution in [0.2, 0.25) is 0 Å². The van der Waals surface area contributed by atoms with Crippen LogP contribution < -0.4 is 16.0 Å². The van der Waals surface area contributed by atoms with Crippen molar-refractivity contribution in [1.82, 2.24) is 15.5 Å². The van der Waals surface area contributed by atoms with Gasteiger partial charge in [-0.05, 0) is 42.9 Å². The molecule has 7 heteroatoms. The highest BCUT2D eigenvalue weighted by molar-refractivity contribution is 5.97. The van der Waals surface area contributed by atoms with Crippen LogP contribution in [0.1, 0.15) is 26.3 Å². The normalized spacial score (nSPS) is 10.4. The molecule has 0 heterocycles. The zero-order chi connectivity index (χ0) is 19.8. The van der Waals surface area contributed by atoms with Gasteiger partial charge in [-0.25, -0.2) is 0 Å². The maximum absolute atomic E-state index is 12.2. The Hall–Kier alpha value is -3.19. The Morgan fingerprint density at radius 2 is 1.52 bits per heavy atom. The van der Waals surface area contributed by atoms with Gasteiger partial charge in [0.2, 0.25) is 5.91 Å². The predicted molar refractivity (Wildman–Crippen MR) is 105 cm³/mol. The fourth-order valence-electron chi connectivity index (χ4n) is 2.60. The van der Waals surface area contributed by atoms with E-state index in [-0.39, 0.29) is 24.3 Å². The van der Waals surface area contributed by atoms with Gasteiger partial charge in [0.05, 0.1) is 6.54 Å². The van der Waals surface area contributed by atoms with Gasteiger partial charge < -0.3 is 16.0 Å². The fraction of sp³-hybridized carbons (Fsp3) is 0.250. The largest absolute Gasteiger partial charge is 0.355 e. The van der Waals surface area contributed by atoms with Crippen LogP contribution >= 0.6 is 0 Å². The molecule has 142 valence electrons. The summed E-state index contributed by atoms with van der Waals surface area (Å²) in [5.74, 6) is -0.509. The second kappa shape index (κ2) is 9.49. The molecule has 0 atom stereocenters. The summed E-state index contributed by atoms with van der Waals surface area (Å²) in [5.41, 5.74) is 2.65. The molecule has 0 radical (unpaired) electrons. The quantitative estimate of drug-likeness (QED) is 0.690. The van der Waals surface area contributed by atoms with Crippen molar-refractivity contribution < 1.29 is 14.4 Å². The Labute approximate surface area is 158 Å². The van der Waals surface area contributed by atoms with E-state index in [0.29, 0.717) is 23.4 Å². The van der Waals surface area contributed by atoms with Crippen molar-refractivity contribution >= 4 is 23.4 Å². The molecule has 2 aromatic carbocycles. The first kappa shape index (κ1) is 20.1. The van der Waals surface area contributed by atoms with Gasteiger partial charge in [-0.15, -0.1) is 0 Å². The van der Waals surface area contributed by atoms with E-state index in [4.69, 9.17) is 0 Å². The second-order valence-corrected chi connectivity index (χ2v) is 6.16. The fourth-order valence-corrected chi connectivity index (χ4v) is 2.60. The maximum Gasteiger partial charge on any atom is 0.251 e. The van der Waals surface area contributed by atoms with E-state index in [1.807, 2.05) is 24.1 Å². The Balaban J connectivity index is 1.90. The molecule has 0 aromatic heterocycles. The summed E-state index contributed by atoms with van der Waals surface area (Å²) in [6.07, 6.45) is 0. The van der Waals surface area contributed by atoms with Gasteiger partial charge in [0, 0.05) is 37.5 Å². The van der Waals surface area contributed by atoms with Crippen molar-refractivity contribution in [3.05, 3.63) is 65.2 Å². The molecule has 0 aliphatic rings. The first-order chi connectivity index (χ1) is 12.9. The Kier molecular flexibility index (Phi) is 7.08. The summed E-state index contributed by atoms with van der Waals surface area (Å²) >= 11 is 0. The molecule has 0 saturated heterocycles. The number of carbonyl (C=O) groups is 3. The molecule has 2 aromatic rings. The highest BCUT2D eigenvalue weighted by Gasteiger charge is 2.10. The Morgan fingerprint density at radius 3 is 2.15 bits per heavy atom. The number of amides is 3. The van der Waals surface area contributed by atoms with Gasteiger partial charge in [-0.1, -0.05) is 18.2 Å². The molecule has 0 spiro atoms. The van der Waals surface area contributed by atoms with Crippen LogP contribution in [0.15, 0.2) is 48.5 Å². The topological polar surface area (TPSA) is 90.5 Å². The van der Waals surface area contributed by atoms with Gasteiger partial charge >= 0.3 is 0 Å². The first-order valence-electron chi connectivity index (χ1n) is 8.54. The van der Waals surface area contributed by atoms with Gasteiger partial charge in [0.15, 0.2) is 0 Å². The van der Waals surface area contributed by atoms with Gasteiger partial charge in [-0.2, -0.15) is 0 Å². The standard InChI is InChI=1S/C20H24N4O3/c1-21-19(26)15-9-7-14(8-10-15)12-24(3)13-18(25)23-17-6-4-5-16(11-17)20(27)22-2/h4-11H,12-13H2,1-3H3,(H,21,26)(H,22,27)(H,23,25). The van der Waals surface area contributed by atoms with Crippen LogP contribution in [0.25, 0.3) is 0 Å². The molecule has 0 fully saturated rings. The minimum atomic E-state index is -0.205. The van der Waals surface area contributed by atoms with Crippen LogP contribution in [0.3, 0.4) is 0 Å². The van der Waals surface area contributed by atoms with Crippen molar-refractivity contribution in [2.75, 3.05) is 33.0 Å². The van der Waals surface area contributed by atoms with Gasteiger partial charge in [0.25, 0.3) is 11.8 Å². The average Bonchev–Trinajstić information content (AvgIpc) is 2.67. The molecular weight excluding hydrogens is 344 g/mol. The Bertz CT molecular complexity index is 818. The molecule has 0 aliphatic heterocycles. The third kappa shape index (κ3) is 5.93. The smallest absolute Gasteiger partial charge is 0.251 e. The number of carbonyl (C=O) groups excluding carboxylic acids is 3. The molecule has 0 aliphatic carbocycles. The molecule has 2 rings (SSSR count). The number of hydrogen-bond donors (Lipinski definition) is 3. The van der Waals surface area contributed by atoms with Gasteiger partial charge in [0.1, 0.15) is 0 Å². The summed E-state index contributed by atoms with van der Waals surface area (Å²) in [6.45, 7) is 0.765. The van der Waals surface area contributed by atoms with E-state index in [1.54, 1.807) is 50.5 Å². The number of nitrogens with one attached hydrogen (secondary N) is 3. The highest BCUT2D eigenvalue weighted by atomic mass is 16.2. The summed E-state index contributed by atoms with van der Waals surface area (Å²) in [5, 5.41) is 7.93. The number of hydrogen-bond acceptors (Lipinski definition) is 4. The number of likely N-dealkylation sites (N-methyl/N-ethyl adjacent to an activating group) is 1. The number of nitrogens with zero attached hydrogens (tertiary/aromatic N) is 1. The minimum Gasteiger partial charge on any atom is -0.355 e. The van der Waals surface area contributed by atoms with Crippen LogP contribution in [0.4, 0.5) is 5.69 Å². The zero-order valence-corrected chi connectivity index (χ0v) is 15.7. The van der Waals surface area contributed by atoms with Crippen molar-refractivity contribution in [1.29, 1.82) is 0 Å². The van der Waals surface area contributed by atoms with Crippen LogP contribution in [-0.4, -0.2) is 50.3 Å². The average molecular weight is 368 g/mol. The number of benzene rings is 2. The van der Waals surface area contributed by atoms with Crippen molar-refractivity contribution in [3.63, 3.8) is 0 Å². The number of anilines is 1. The lowest BCUT2D eigenvalue weighted by atomic mass is 10.1. The molecule has 0 unspecified atom stereocenters. The first-order valence-corrected chi connectivity index (χ1v) is 8.54. The summed E-state index contributed by atoms with van der Waals surface area (Å²) in [4.78, 5) is 37.3. The summed E-state index contributed by atoms with van der Waals surface area (Å²) in [6, 6.07) is 14.0. The van der Waals surface area contributed by atoms with Crippen molar-refractivity contribution in [2.24, 2.45) is 0 Å². The van der Waals surface area contributed by atoms with E-state index in [1.165, 1.54) is 0 Å². The molecular formula is C20H24N4O3. The van der Waals surface area contributed by atoms with E-state index >= 15 is 0 Å². The Morgan fingerprint density at radius 1 is 0.889 bits per heavy atom. The van der Waals surface area contributed by atoms with Crippen molar-refractivity contribution in [3.8, 4) is 0 Å². The molecule has 3 N–H and O–H groups in total. The van der Waals surface area contributed by atoms with E-state index in [0.717, 1.165) is 5.56 Å². The minimum absolute atomic E-state index is 0.131. The van der Waals surface area contributed by atoms with E-state index < -0.39 is 0 Å². The third-order valence-electron chi connectivity index (χ3n) is 3.94. The molecule has 3 amide bonds. The lowest BCUT2D eigenvalue weighted by Gasteiger charge is -2.17. The molecule has 7 nitrogen and oxygen atoms in total. The maximum atomic E-state index is 12.2. The van der Waals surface area contributed by atoms with Gasteiger partial charge in [-0.3, -0.25) is 19.3 Å². The third-order valence-corrected chi connectivity index (χ3v) is 3.94. The monoisotopic (exact) mass is 368 g/mol. The van der Waals surface area contributed by atoms with E-state index in [9.17, 15) is 14.4 Å². The summed E-state index contributed by atoms with van der Waals surface area (Å²) in [7, 11) is 4.99. The second-order valence-electron chi connectivity index (χ2n) is 6.16. The van der Waals surface area contributed by atoms with E-state index in [2.05, 4.69) is 16.0 Å². The molecule has 0 saturated carbocycles. The highest BCUT2D eigenvalue weighted by Crippen LogP contribution is 2.11. The lowest BCUT2D eigenvalue weighted by Crippen LogP contribution is -2.30. The van der Waals surface area contributed by atoms with Crippen LogP contribution in [0, 0.1) is 0 Å². The van der Waals surface area contributed by atoms with Crippen molar-refractivity contribution in [2.45, 2.75) is 6.54 Å². The van der Waals surface area contributed by atoms with Crippen LogP contribution in [0.5, 0.6) is 0 Å². The lowest BCUT2D eigenvalue weighted by molar-refractivity contribution is -0.117. The van der Waals surface area contributed by atoms with Crippen LogP contribution in [-0.2, 0) is 11.3 Å². The SMILES string of the molecule is CNC(=O)c1ccc(CN(C)CC(=O)Nc2cccc(C(=O)NC)c2)cc1. The molecule has 27 heavy (non-hydrogen) atoms. The number of rotatable bonds is 7. The predicted octanol–water partition coefficient (Wildman–Crippen LogP) is 1.48. The summed E-state index contributed by atoms with van der Waals surface area (Å²) < 4.78 is 0. The zero-order valence-electron chi connectivity index (χ0n) is 15.7.